The maximum atomic E-state index is 6.83. The van der Waals surface area contributed by atoms with Gasteiger partial charge in [0.15, 0.2) is 0 Å². The van der Waals surface area contributed by atoms with Crippen LogP contribution < -0.4 is 9.64 Å². The van der Waals surface area contributed by atoms with Gasteiger partial charge >= 0.3 is 0 Å². The molecule has 6 aliphatic rings. The Hall–Kier alpha value is -4.82. The van der Waals surface area contributed by atoms with Gasteiger partial charge in [-0.1, -0.05) is 113 Å². The molecular weight excluding hydrogens is 655 g/mol. The summed E-state index contributed by atoms with van der Waals surface area (Å²) < 4.78 is 6.83. The zero-order chi connectivity index (χ0) is 36.2. The standard InChI is InChI=1S/C52H49NO/c1-49(2)24-25-50(3,4)42-28-35(18-22-40(42)49)33-16-19-37(20-17-33)53(44-14-9-11-34-10-5-6-12-39(34)44)38-21-23-46-43(30-38)52(41-13-7-8-15-45(41)54-46)47-27-32-26-36-29-48(52)51(36,47)31-32/h5-23,28,30,32,36,47-48H,24-27,29,31H2,1-4H3. The Kier molecular flexibility index (Phi) is 6.12. The van der Waals surface area contributed by atoms with Crippen LogP contribution in [0.4, 0.5) is 17.1 Å². The number of anilines is 3. The van der Waals surface area contributed by atoms with E-state index in [1.807, 2.05) is 0 Å². The second kappa shape index (κ2) is 10.5. The van der Waals surface area contributed by atoms with Gasteiger partial charge < -0.3 is 9.64 Å². The van der Waals surface area contributed by atoms with Crippen molar-refractivity contribution in [2.24, 2.45) is 29.1 Å². The van der Waals surface area contributed by atoms with Gasteiger partial charge in [0.05, 0.1) is 5.69 Å². The Balaban J connectivity index is 1.01. The van der Waals surface area contributed by atoms with Crippen molar-refractivity contribution in [2.45, 2.75) is 82.5 Å². The number of hydrogen-bond acceptors (Lipinski definition) is 2. The largest absolute Gasteiger partial charge is 0.457 e. The van der Waals surface area contributed by atoms with Crippen molar-refractivity contribution in [1.82, 2.24) is 0 Å². The van der Waals surface area contributed by atoms with Crippen molar-refractivity contribution in [1.29, 1.82) is 0 Å². The Morgan fingerprint density at radius 3 is 2.11 bits per heavy atom. The minimum Gasteiger partial charge on any atom is -0.457 e. The maximum Gasteiger partial charge on any atom is 0.131 e. The minimum absolute atomic E-state index is 0.0366. The molecule has 4 saturated carbocycles. The van der Waals surface area contributed by atoms with Crippen LogP contribution >= 0.6 is 0 Å². The highest BCUT2D eigenvalue weighted by atomic mass is 16.5. The molecule has 6 aromatic rings. The molecule has 2 spiro atoms. The van der Waals surface area contributed by atoms with Gasteiger partial charge in [-0.2, -0.15) is 0 Å². The topological polar surface area (TPSA) is 12.5 Å². The van der Waals surface area contributed by atoms with Gasteiger partial charge in [0.2, 0.25) is 0 Å². The summed E-state index contributed by atoms with van der Waals surface area (Å²) in [5.41, 5.74) is 13.0. The van der Waals surface area contributed by atoms with Crippen molar-refractivity contribution in [2.75, 3.05) is 4.90 Å². The third kappa shape index (κ3) is 3.87. The molecule has 5 aliphatic carbocycles. The number of nitrogens with zero attached hydrogens (tertiary/aromatic N) is 1. The number of ether oxygens (including phenoxy) is 1. The van der Waals surface area contributed by atoms with Crippen molar-refractivity contribution < 1.29 is 4.74 Å². The molecule has 2 bridgehead atoms. The summed E-state index contributed by atoms with van der Waals surface area (Å²) in [4.78, 5) is 2.51. The van der Waals surface area contributed by atoms with Gasteiger partial charge in [0, 0.05) is 33.3 Å². The van der Waals surface area contributed by atoms with Crippen LogP contribution in [0.5, 0.6) is 11.5 Å². The lowest BCUT2D eigenvalue weighted by molar-refractivity contribution is -0.235. The number of benzene rings is 6. The summed E-state index contributed by atoms with van der Waals surface area (Å²) >= 11 is 0. The van der Waals surface area contributed by atoms with Crippen molar-refractivity contribution >= 4 is 27.8 Å². The number of hydrogen-bond donors (Lipinski definition) is 0. The summed E-state index contributed by atoms with van der Waals surface area (Å²) in [7, 11) is 0. The first-order valence-electron chi connectivity index (χ1n) is 20.6. The van der Waals surface area contributed by atoms with Crippen LogP contribution in [-0.2, 0) is 16.2 Å². The van der Waals surface area contributed by atoms with E-state index in [4.69, 9.17) is 4.74 Å². The van der Waals surface area contributed by atoms with E-state index in [9.17, 15) is 0 Å². The summed E-state index contributed by atoms with van der Waals surface area (Å²) in [5, 5.41) is 2.52. The number of para-hydroxylation sites is 1. The minimum atomic E-state index is 0.0366. The van der Waals surface area contributed by atoms with E-state index >= 15 is 0 Å². The highest BCUT2D eigenvalue weighted by molar-refractivity contribution is 5.99. The molecule has 2 nitrogen and oxygen atoms in total. The first kappa shape index (κ1) is 31.5. The lowest BCUT2D eigenvalue weighted by Gasteiger charge is -2.77. The normalized spacial score (nSPS) is 29.6. The number of rotatable bonds is 4. The zero-order valence-corrected chi connectivity index (χ0v) is 32.0. The molecule has 1 aliphatic heterocycles. The summed E-state index contributed by atoms with van der Waals surface area (Å²) in [6.45, 7) is 9.67. The summed E-state index contributed by atoms with van der Waals surface area (Å²) in [6.07, 6.45) is 8.13. The third-order valence-corrected chi connectivity index (χ3v) is 16.0. The average molecular weight is 704 g/mol. The fraction of sp³-hybridized carbons (Fsp3) is 0.346. The molecule has 0 aromatic heterocycles. The van der Waals surface area contributed by atoms with Gasteiger partial charge in [0.25, 0.3) is 0 Å². The molecule has 6 aromatic carbocycles. The van der Waals surface area contributed by atoms with E-state index in [2.05, 4.69) is 160 Å². The molecule has 6 unspecified atom stereocenters. The SMILES string of the molecule is CC1(C)CCC(C)(C)c2cc(-c3ccc(N(c4ccc5c(c4)C4(c6ccccc6O5)C5CC6CC7CC4C75C6)c4cccc5ccccc45)cc3)ccc21. The second-order valence-electron chi connectivity index (χ2n) is 19.2. The van der Waals surface area contributed by atoms with Crippen LogP contribution in [0, 0.1) is 29.1 Å². The molecule has 6 atom stereocenters. The molecule has 0 saturated heterocycles. The molecule has 268 valence electrons. The average Bonchev–Trinajstić information content (AvgIpc) is 3.72. The Morgan fingerprint density at radius 2 is 1.26 bits per heavy atom. The van der Waals surface area contributed by atoms with Crippen LogP contribution in [0.2, 0.25) is 0 Å². The third-order valence-electron chi connectivity index (χ3n) is 16.0. The van der Waals surface area contributed by atoms with E-state index < -0.39 is 0 Å². The zero-order valence-electron chi connectivity index (χ0n) is 32.0. The highest BCUT2D eigenvalue weighted by Crippen LogP contribution is 2.89. The monoisotopic (exact) mass is 703 g/mol. The van der Waals surface area contributed by atoms with E-state index in [0.717, 1.165) is 23.3 Å². The molecule has 2 heteroatoms. The van der Waals surface area contributed by atoms with Crippen molar-refractivity contribution in [3.8, 4) is 22.6 Å². The fourth-order valence-electron chi connectivity index (χ4n) is 13.6. The van der Waals surface area contributed by atoms with Crippen molar-refractivity contribution in [3.63, 3.8) is 0 Å². The first-order chi connectivity index (χ1) is 26.2. The lowest BCUT2D eigenvalue weighted by Crippen LogP contribution is -2.74. The molecule has 1 heterocycles. The smallest absolute Gasteiger partial charge is 0.131 e. The molecule has 54 heavy (non-hydrogen) atoms. The number of fused-ring (bicyclic) bond motifs is 9. The van der Waals surface area contributed by atoms with Gasteiger partial charge in [-0.15, -0.1) is 0 Å². The Labute approximate surface area is 320 Å². The van der Waals surface area contributed by atoms with Crippen molar-refractivity contribution in [3.05, 3.63) is 150 Å². The van der Waals surface area contributed by atoms with Gasteiger partial charge in [0.1, 0.15) is 11.5 Å². The molecule has 4 fully saturated rings. The van der Waals surface area contributed by atoms with E-state index in [1.165, 1.54) is 99.7 Å². The van der Waals surface area contributed by atoms with Gasteiger partial charge in [-0.25, -0.2) is 0 Å². The van der Waals surface area contributed by atoms with E-state index in [-0.39, 0.29) is 16.2 Å². The maximum absolute atomic E-state index is 6.83. The quantitative estimate of drug-likeness (QED) is 0.181. The van der Waals surface area contributed by atoms with E-state index in [1.54, 1.807) is 0 Å². The molecule has 0 amide bonds. The highest BCUT2D eigenvalue weighted by Gasteiger charge is 2.84. The van der Waals surface area contributed by atoms with Gasteiger partial charge in [-0.3, -0.25) is 0 Å². The van der Waals surface area contributed by atoms with Crippen LogP contribution in [-0.4, -0.2) is 0 Å². The van der Waals surface area contributed by atoms with Crippen LogP contribution in [0.1, 0.15) is 88.5 Å². The lowest BCUT2D eigenvalue weighted by atomic mass is 9.26. The van der Waals surface area contributed by atoms with Crippen LogP contribution in [0.15, 0.2) is 127 Å². The van der Waals surface area contributed by atoms with Gasteiger partial charge in [-0.05, 0) is 149 Å². The molecule has 12 rings (SSSR count). The Bertz CT molecular complexity index is 2540. The molecule has 0 N–H and O–H groups in total. The molecular formula is C52H49NO. The summed E-state index contributed by atoms with van der Waals surface area (Å²) in [5.74, 6) is 5.41. The Morgan fingerprint density at radius 1 is 0.556 bits per heavy atom. The fourth-order valence-corrected chi connectivity index (χ4v) is 13.6. The van der Waals surface area contributed by atoms with E-state index in [0.29, 0.717) is 17.3 Å². The second-order valence-corrected chi connectivity index (χ2v) is 19.2. The molecule has 0 radical (unpaired) electrons. The first-order valence-corrected chi connectivity index (χ1v) is 20.6. The summed E-state index contributed by atoms with van der Waals surface area (Å²) in [6, 6.07) is 48.4. The van der Waals surface area contributed by atoms with Crippen LogP contribution in [0.25, 0.3) is 21.9 Å². The predicted molar refractivity (Wildman–Crippen MR) is 222 cm³/mol. The van der Waals surface area contributed by atoms with Crippen LogP contribution in [0.3, 0.4) is 0 Å². The predicted octanol–water partition coefficient (Wildman–Crippen LogP) is 13.8.